The number of rotatable bonds is 7. The van der Waals surface area contributed by atoms with Crippen LogP contribution in [0.2, 0.25) is 0 Å². The van der Waals surface area contributed by atoms with Crippen LogP contribution in [0.25, 0.3) is 0 Å². The zero-order valence-corrected chi connectivity index (χ0v) is 17.3. The minimum Gasteiger partial charge on any atom is -0.378 e. The summed E-state index contributed by atoms with van der Waals surface area (Å²) in [4.78, 5) is 21.4. The van der Waals surface area contributed by atoms with Crippen molar-refractivity contribution in [3.8, 4) is 0 Å². The third kappa shape index (κ3) is 6.34. The quantitative estimate of drug-likeness (QED) is 0.699. The molecule has 2 N–H and O–H groups in total. The smallest absolute Gasteiger partial charge is 0.315 e. The van der Waals surface area contributed by atoms with Gasteiger partial charge in [0.05, 0.1) is 13.2 Å². The highest BCUT2D eigenvalue weighted by atomic mass is 16.5. The van der Waals surface area contributed by atoms with Crippen LogP contribution < -0.4 is 15.5 Å². The van der Waals surface area contributed by atoms with Crippen molar-refractivity contribution < 1.29 is 9.53 Å². The van der Waals surface area contributed by atoms with Gasteiger partial charge in [-0.1, -0.05) is 19.9 Å². The summed E-state index contributed by atoms with van der Waals surface area (Å²) in [6.45, 7) is 12.4. The molecule has 0 radical (unpaired) electrons. The molecule has 0 unspecified atom stereocenters. The van der Waals surface area contributed by atoms with Gasteiger partial charge < -0.3 is 25.2 Å². The summed E-state index contributed by atoms with van der Waals surface area (Å²) in [6.07, 6.45) is 4.12. The number of carbonyl (C=O) groups excluding carboxylic acids is 1. The second-order valence-corrected chi connectivity index (χ2v) is 8.25. The van der Waals surface area contributed by atoms with Crippen LogP contribution in [-0.2, 0) is 11.3 Å². The van der Waals surface area contributed by atoms with Crippen LogP contribution in [0.1, 0.15) is 32.3 Å². The number of hydrogen-bond donors (Lipinski definition) is 2. The number of hydrogen-bond acceptors (Lipinski definition) is 5. The number of likely N-dealkylation sites (tertiary alicyclic amines) is 1. The van der Waals surface area contributed by atoms with E-state index in [1.54, 1.807) is 6.20 Å². The molecule has 7 nitrogen and oxygen atoms in total. The normalized spacial score (nSPS) is 23.4. The van der Waals surface area contributed by atoms with E-state index in [0.29, 0.717) is 13.1 Å². The first-order valence-electron chi connectivity index (χ1n) is 10.6. The van der Waals surface area contributed by atoms with E-state index in [-0.39, 0.29) is 6.03 Å². The van der Waals surface area contributed by atoms with Gasteiger partial charge in [0.1, 0.15) is 5.82 Å². The number of nitrogens with one attached hydrogen (secondary N) is 2. The fourth-order valence-corrected chi connectivity index (χ4v) is 4.35. The molecule has 2 atom stereocenters. The highest BCUT2D eigenvalue weighted by Gasteiger charge is 2.21. The van der Waals surface area contributed by atoms with Crippen molar-refractivity contribution in [1.29, 1.82) is 0 Å². The number of ether oxygens (including phenoxy) is 1. The van der Waals surface area contributed by atoms with Crippen molar-refractivity contribution in [1.82, 2.24) is 20.5 Å². The Bertz CT molecular complexity index is 611. The Morgan fingerprint density at radius 3 is 2.71 bits per heavy atom. The van der Waals surface area contributed by atoms with Crippen LogP contribution in [0.5, 0.6) is 0 Å². The monoisotopic (exact) mass is 389 g/mol. The van der Waals surface area contributed by atoms with Gasteiger partial charge in [-0.15, -0.1) is 0 Å². The number of anilines is 1. The molecule has 28 heavy (non-hydrogen) atoms. The van der Waals surface area contributed by atoms with Gasteiger partial charge in [-0.25, -0.2) is 9.78 Å². The average Bonchev–Trinajstić information content (AvgIpc) is 2.70. The summed E-state index contributed by atoms with van der Waals surface area (Å²) >= 11 is 0. The summed E-state index contributed by atoms with van der Waals surface area (Å²) in [5, 5.41) is 5.95. The van der Waals surface area contributed by atoms with E-state index >= 15 is 0 Å². The molecular weight excluding hydrogens is 354 g/mol. The van der Waals surface area contributed by atoms with Crippen molar-refractivity contribution >= 4 is 11.8 Å². The summed E-state index contributed by atoms with van der Waals surface area (Å²) in [6, 6.07) is 3.83. The maximum absolute atomic E-state index is 12.2. The first-order valence-corrected chi connectivity index (χ1v) is 10.6. The number of morpholine rings is 1. The van der Waals surface area contributed by atoms with Crippen LogP contribution in [0.4, 0.5) is 10.6 Å². The largest absolute Gasteiger partial charge is 0.378 e. The first-order chi connectivity index (χ1) is 13.6. The molecule has 7 heteroatoms. The molecule has 1 aromatic rings. The highest BCUT2D eigenvalue weighted by molar-refractivity contribution is 5.74. The third-order valence-corrected chi connectivity index (χ3v) is 5.50. The molecule has 1 aromatic heterocycles. The molecule has 0 bridgehead atoms. The Hall–Kier alpha value is -1.86. The highest BCUT2D eigenvalue weighted by Crippen LogP contribution is 2.21. The lowest BCUT2D eigenvalue weighted by Gasteiger charge is -2.34. The second kappa shape index (κ2) is 10.6. The maximum atomic E-state index is 12.2. The van der Waals surface area contributed by atoms with Crippen LogP contribution in [0, 0.1) is 11.8 Å². The fourth-order valence-electron chi connectivity index (χ4n) is 4.35. The summed E-state index contributed by atoms with van der Waals surface area (Å²) in [7, 11) is 0. The minimum atomic E-state index is -0.114. The number of piperidine rings is 1. The number of pyridine rings is 1. The molecule has 0 aromatic carbocycles. The molecule has 3 heterocycles. The molecule has 0 aliphatic carbocycles. The number of aromatic nitrogens is 1. The number of urea groups is 1. The van der Waals surface area contributed by atoms with Crippen LogP contribution in [0.3, 0.4) is 0 Å². The van der Waals surface area contributed by atoms with E-state index in [0.717, 1.165) is 62.5 Å². The van der Waals surface area contributed by atoms with Crippen molar-refractivity contribution in [3.63, 3.8) is 0 Å². The Labute approximate surface area is 168 Å². The van der Waals surface area contributed by atoms with Gasteiger partial charge in [-0.2, -0.15) is 0 Å². The van der Waals surface area contributed by atoms with E-state index in [1.165, 1.54) is 19.5 Å². The molecular formula is C21H35N5O2. The van der Waals surface area contributed by atoms with Gasteiger partial charge >= 0.3 is 6.03 Å². The molecule has 0 saturated carbocycles. The Morgan fingerprint density at radius 1 is 1.21 bits per heavy atom. The number of carbonyl (C=O) groups is 1. The Morgan fingerprint density at radius 2 is 1.96 bits per heavy atom. The third-order valence-electron chi connectivity index (χ3n) is 5.50. The molecule has 2 aliphatic heterocycles. The van der Waals surface area contributed by atoms with E-state index in [1.807, 2.05) is 12.1 Å². The molecule has 2 aliphatic rings. The Balaban J connectivity index is 1.37. The van der Waals surface area contributed by atoms with Crippen LogP contribution in [-0.4, -0.2) is 68.4 Å². The molecule has 2 amide bonds. The standard InChI is InChI=1S/C21H35N5O2/c1-17-13-18(2)16-25(15-17)8-4-7-23-21(27)24-14-19-5-3-6-22-20(19)26-9-11-28-12-10-26/h3,5-6,17-18H,4,7-16H2,1-2H3,(H2,23,24,27)/t17-,18-/m0/s1. The van der Waals surface area contributed by atoms with E-state index in [2.05, 4.69) is 39.3 Å². The summed E-state index contributed by atoms with van der Waals surface area (Å²) < 4.78 is 5.42. The molecule has 2 fully saturated rings. The lowest BCUT2D eigenvalue weighted by Crippen LogP contribution is -2.41. The van der Waals surface area contributed by atoms with E-state index in [9.17, 15) is 4.79 Å². The molecule has 3 rings (SSSR count). The SMILES string of the molecule is C[C@H]1C[C@H](C)CN(CCCNC(=O)NCc2cccnc2N2CCOCC2)C1. The van der Waals surface area contributed by atoms with Gasteiger partial charge in [0, 0.05) is 51.0 Å². The van der Waals surface area contributed by atoms with Crippen LogP contribution in [0.15, 0.2) is 18.3 Å². The topological polar surface area (TPSA) is 69.7 Å². The lowest BCUT2D eigenvalue weighted by atomic mass is 9.92. The van der Waals surface area contributed by atoms with Gasteiger partial charge in [-0.3, -0.25) is 0 Å². The fraction of sp³-hybridized carbons (Fsp3) is 0.714. The minimum absolute atomic E-state index is 0.114. The van der Waals surface area contributed by atoms with Crippen molar-refractivity contribution in [3.05, 3.63) is 23.9 Å². The summed E-state index contributed by atoms with van der Waals surface area (Å²) in [5.74, 6) is 2.50. The van der Waals surface area contributed by atoms with E-state index in [4.69, 9.17) is 4.74 Å². The zero-order chi connectivity index (χ0) is 19.8. The van der Waals surface area contributed by atoms with Crippen LogP contribution >= 0.6 is 0 Å². The average molecular weight is 390 g/mol. The van der Waals surface area contributed by atoms with Crippen molar-refractivity contribution in [2.75, 3.05) is 57.4 Å². The van der Waals surface area contributed by atoms with Crippen molar-refractivity contribution in [2.24, 2.45) is 11.8 Å². The van der Waals surface area contributed by atoms with Gasteiger partial charge in [0.15, 0.2) is 0 Å². The Kier molecular flexibility index (Phi) is 7.91. The van der Waals surface area contributed by atoms with Crippen molar-refractivity contribution in [2.45, 2.75) is 33.2 Å². The van der Waals surface area contributed by atoms with Gasteiger partial charge in [0.25, 0.3) is 0 Å². The first kappa shape index (κ1) is 20.9. The zero-order valence-electron chi connectivity index (χ0n) is 17.3. The number of amides is 2. The molecule has 156 valence electrons. The predicted molar refractivity (Wildman–Crippen MR) is 112 cm³/mol. The summed E-state index contributed by atoms with van der Waals surface area (Å²) in [5.41, 5.74) is 1.04. The number of nitrogens with zero attached hydrogens (tertiary/aromatic N) is 3. The molecule has 0 spiro atoms. The second-order valence-electron chi connectivity index (χ2n) is 8.25. The lowest BCUT2D eigenvalue weighted by molar-refractivity contribution is 0.122. The van der Waals surface area contributed by atoms with E-state index < -0.39 is 0 Å². The van der Waals surface area contributed by atoms with Gasteiger partial charge in [-0.05, 0) is 37.3 Å². The predicted octanol–water partition coefficient (Wildman–Crippen LogP) is 2.09. The van der Waals surface area contributed by atoms with Gasteiger partial charge in [0.2, 0.25) is 0 Å². The molecule has 2 saturated heterocycles. The maximum Gasteiger partial charge on any atom is 0.315 e.